The number of nitrogens with zero attached hydrogens (tertiary/aromatic N) is 3. The Kier molecular flexibility index (Phi) is 2.10. The third-order valence-electron chi connectivity index (χ3n) is 1.51. The average molecular weight is 240 g/mol. The third-order valence-corrected chi connectivity index (χ3v) is 1.83. The van der Waals surface area contributed by atoms with Crippen LogP contribution in [-0.4, -0.2) is 15.2 Å². The minimum Gasteiger partial charge on any atom is -0.409 e. The molecule has 66 valence electrons. The van der Waals surface area contributed by atoms with Gasteiger partial charge < -0.3 is 4.42 Å². The molecule has 0 bridgehead atoms. The van der Waals surface area contributed by atoms with Crippen molar-refractivity contribution in [1.82, 2.24) is 15.2 Å². The first-order valence-corrected chi connectivity index (χ1v) is 4.48. The molecule has 2 aromatic rings. The number of hydrogen-bond acceptors (Lipinski definition) is 4. The summed E-state index contributed by atoms with van der Waals surface area (Å²) in [5, 5.41) is 7.48. The highest BCUT2D eigenvalue weighted by Crippen LogP contribution is 2.17. The maximum atomic E-state index is 5.16. The van der Waals surface area contributed by atoms with Crippen LogP contribution < -0.4 is 0 Å². The van der Waals surface area contributed by atoms with Gasteiger partial charge in [-0.25, -0.2) is 4.98 Å². The fourth-order valence-electron chi connectivity index (χ4n) is 0.971. The zero-order chi connectivity index (χ0) is 9.26. The lowest BCUT2D eigenvalue weighted by Gasteiger charge is -1.94. The summed E-state index contributed by atoms with van der Waals surface area (Å²) >= 11 is 3.08. The van der Waals surface area contributed by atoms with Crippen LogP contribution in [0, 0.1) is 6.92 Å². The van der Waals surface area contributed by atoms with E-state index in [2.05, 4.69) is 31.1 Å². The SMILES string of the molecule is Cc1cccc(-c2nnc(Br)o2)n1. The van der Waals surface area contributed by atoms with Crippen molar-refractivity contribution in [2.75, 3.05) is 0 Å². The highest BCUT2D eigenvalue weighted by molar-refractivity contribution is 9.10. The van der Waals surface area contributed by atoms with Crippen LogP contribution in [0.4, 0.5) is 0 Å². The van der Waals surface area contributed by atoms with Crippen molar-refractivity contribution >= 4 is 15.9 Å². The molecule has 13 heavy (non-hydrogen) atoms. The fraction of sp³-hybridized carbons (Fsp3) is 0.125. The Morgan fingerprint density at radius 3 is 2.77 bits per heavy atom. The first-order valence-electron chi connectivity index (χ1n) is 3.69. The molecule has 0 aliphatic heterocycles. The maximum Gasteiger partial charge on any atom is 0.285 e. The van der Waals surface area contributed by atoms with E-state index < -0.39 is 0 Å². The molecule has 0 radical (unpaired) electrons. The number of rotatable bonds is 1. The highest BCUT2D eigenvalue weighted by atomic mass is 79.9. The Hall–Kier alpha value is -1.23. The first-order chi connectivity index (χ1) is 6.25. The van der Waals surface area contributed by atoms with Gasteiger partial charge in [0.1, 0.15) is 5.69 Å². The minimum absolute atomic E-state index is 0.366. The average Bonchev–Trinajstić information content (AvgIpc) is 2.52. The quantitative estimate of drug-likeness (QED) is 0.766. The van der Waals surface area contributed by atoms with Gasteiger partial charge in [-0.1, -0.05) is 6.07 Å². The Labute approximate surface area is 83.1 Å². The molecule has 0 N–H and O–H groups in total. The zero-order valence-corrected chi connectivity index (χ0v) is 8.45. The van der Waals surface area contributed by atoms with Gasteiger partial charge in [-0.3, -0.25) is 0 Å². The van der Waals surface area contributed by atoms with Gasteiger partial charge in [0, 0.05) is 21.6 Å². The van der Waals surface area contributed by atoms with E-state index in [1.165, 1.54) is 0 Å². The van der Waals surface area contributed by atoms with Gasteiger partial charge in [-0.2, -0.15) is 0 Å². The van der Waals surface area contributed by atoms with Crippen LogP contribution in [0.3, 0.4) is 0 Å². The largest absolute Gasteiger partial charge is 0.409 e. The van der Waals surface area contributed by atoms with E-state index in [-0.39, 0.29) is 0 Å². The van der Waals surface area contributed by atoms with Crippen LogP contribution >= 0.6 is 15.9 Å². The van der Waals surface area contributed by atoms with Crippen LogP contribution in [0.5, 0.6) is 0 Å². The van der Waals surface area contributed by atoms with E-state index in [1.807, 2.05) is 25.1 Å². The van der Waals surface area contributed by atoms with Crippen LogP contribution in [0.2, 0.25) is 0 Å². The lowest BCUT2D eigenvalue weighted by atomic mass is 10.3. The summed E-state index contributed by atoms with van der Waals surface area (Å²) in [6, 6.07) is 5.64. The molecule has 0 aromatic carbocycles. The summed E-state index contributed by atoms with van der Waals surface area (Å²) in [5.41, 5.74) is 1.62. The van der Waals surface area contributed by atoms with E-state index in [4.69, 9.17) is 4.42 Å². The van der Waals surface area contributed by atoms with E-state index in [0.717, 1.165) is 5.69 Å². The second kappa shape index (κ2) is 3.26. The van der Waals surface area contributed by atoms with E-state index in [0.29, 0.717) is 16.4 Å². The second-order valence-electron chi connectivity index (χ2n) is 2.52. The summed E-state index contributed by atoms with van der Waals surface area (Å²) in [6.07, 6.45) is 0. The summed E-state index contributed by atoms with van der Waals surface area (Å²) < 4.78 is 5.16. The molecule has 0 atom stereocenters. The topological polar surface area (TPSA) is 51.8 Å². The Bertz CT molecular complexity index is 427. The molecule has 0 saturated carbocycles. The monoisotopic (exact) mass is 239 g/mol. The Morgan fingerprint density at radius 1 is 1.31 bits per heavy atom. The van der Waals surface area contributed by atoms with Gasteiger partial charge >= 0.3 is 0 Å². The Morgan fingerprint density at radius 2 is 2.15 bits per heavy atom. The third kappa shape index (κ3) is 1.75. The minimum atomic E-state index is 0.366. The summed E-state index contributed by atoms with van der Waals surface area (Å²) in [6.45, 7) is 1.91. The molecule has 0 spiro atoms. The number of aryl methyl sites for hydroxylation is 1. The number of pyridine rings is 1. The van der Waals surface area contributed by atoms with Crippen molar-refractivity contribution in [2.24, 2.45) is 0 Å². The van der Waals surface area contributed by atoms with Gasteiger partial charge in [-0.15, -0.1) is 10.2 Å². The molecular formula is C8H6BrN3O. The van der Waals surface area contributed by atoms with Gasteiger partial charge in [0.2, 0.25) is 0 Å². The van der Waals surface area contributed by atoms with E-state index in [1.54, 1.807) is 0 Å². The van der Waals surface area contributed by atoms with Crippen molar-refractivity contribution in [2.45, 2.75) is 6.92 Å². The first kappa shape index (κ1) is 8.37. The fourth-order valence-corrected chi connectivity index (χ4v) is 1.20. The van der Waals surface area contributed by atoms with Gasteiger partial charge in [0.15, 0.2) is 0 Å². The molecule has 0 aliphatic rings. The second-order valence-corrected chi connectivity index (χ2v) is 3.20. The molecule has 2 heterocycles. The van der Waals surface area contributed by atoms with E-state index in [9.17, 15) is 0 Å². The summed E-state index contributed by atoms with van der Waals surface area (Å²) in [7, 11) is 0. The maximum absolute atomic E-state index is 5.16. The van der Waals surface area contributed by atoms with Gasteiger partial charge in [0.25, 0.3) is 10.7 Å². The molecule has 0 saturated heterocycles. The molecule has 2 rings (SSSR count). The molecule has 0 fully saturated rings. The van der Waals surface area contributed by atoms with E-state index >= 15 is 0 Å². The normalized spacial score (nSPS) is 10.3. The van der Waals surface area contributed by atoms with Crippen LogP contribution in [0.1, 0.15) is 5.69 Å². The van der Waals surface area contributed by atoms with Crippen LogP contribution in [-0.2, 0) is 0 Å². The molecule has 5 heteroatoms. The smallest absolute Gasteiger partial charge is 0.285 e. The Balaban J connectivity index is 2.46. The zero-order valence-electron chi connectivity index (χ0n) is 6.86. The van der Waals surface area contributed by atoms with Crippen molar-refractivity contribution in [3.05, 3.63) is 28.7 Å². The summed E-state index contributed by atoms with van der Waals surface area (Å²) in [5.74, 6) is 0.426. The van der Waals surface area contributed by atoms with Crippen molar-refractivity contribution in [3.63, 3.8) is 0 Å². The van der Waals surface area contributed by atoms with Crippen LogP contribution in [0.15, 0.2) is 27.4 Å². The standard InChI is InChI=1S/C8H6BrN3O/c1-5-3-2-4-6(10-5)7-11-12-8(9)13-7/h2-4H,1H3. The molecule has 0 aliphatic carbocycles. The molecule has 4 nitrogen and oxygen atoms in total. The predicted molar refractivity (Wildman–Crippen MR) is 50.0 cm³/mol. The number of halogens is 1. The van der Waals surface area contributed by atoms with Gasteiger partial charge in [0.05, 0.1) is 0 Å². The van der Waals surface area contributed by atoms with Crippen molar-refractivity contribution < 1.29 is 4.42 Å². The number of hydrogen-bond donors (Lipinski definition) is 0. The lowest BCUT2D eigenvalue weighted by Crippen LogP contribution is -1.85. The molecule has 0 amide bonds. The highest BCUT2D eigenvalue weighted by Gasteiger charge is 2.06. The van der Waals surface area contributed by atoms with Crippen molar-refractivity contribution in [1.29, 1.82) is 0 Å². The molecule has 0 unspecified atom stereocenters. The molecule has 2 aromatic heterocycles. The lowest BCUT2D eigenvalue weighted by molar-refractivity contribution is 0.538. The number of aromatic nitrogens is 3. The van der Waals surface area contributed by atoms with Gasteiger partial charge in [-0.05, 0) is 19.1 Å². The predicted octanol–water partition coefficient (Wildman–Crippen LogP) is 2.20. The molecular weight excluding hydrogens is 234 g/mol. The summed E-state index contributed by atoms with van der Waals surface area (Å²) in [4.78, 5) is 4.61. The van der Waals surface area contributed by atoms with Crippen molar-refractivity contribution in [3.8, 4) is 11.6 Å². The van der Waals surface area contributed by atoms with Crippen LogP contribution in [0.25, 0.3) is 11.6 Å².